The lowest BCUT2D eigenvalue weighted by molar-refractivity contribution is -0.0816. The van der Waals surface area contributed by atoms with Gasteiger partial charge in [0.25, 0.3) is 0 Å². The number of aliphatic hydroxyl groups is 2. The van der Waals surface area contributed by atoms with Crippen molar-refractivity contribution in [3.05, 3.63) is 11.6 Å². The molecule has 4 rings (SSSR count). The molecular weight excluding hydrogens is 356 g/mol. The number of allylic oxidation sites excluding steroid dienone is 1. The van der Waals surface area contributed by atoms with Crippen molar-refractivity contribution in [2.45, 2.75) is 117 Å². The predicted molar refractivity (Wildman–Crippen MR) is 121 cm³/mol. The molecule has 0 bridgehead atoms. The third-order valence-electron chi connectivity index (χ3n) is 10.8. The number of hydrogen-bond acceptors (Lipinski definition) is 2. The largest absolute Gasteiger partial charge is 0.393 e. The summed E-state index contributed by atoms with van der Waals surface area (Å²) in [6, 6.07) is 0. The molecule has 0 heterocycles. The third-order valence-corrected chi connectivity index (χ3v) is 10.8. The second-order valence-electron chi connectivity index (χ2n) is 12.0. The van der Waals surface area contributed by atoms with Gasteiger partial charge in [-0.25, -0.2) is 0 Å². The summed E-state index contributed by atoms with van der Waals surface area (Å²) in [7, 11) is 0. The molecule has 3 fully saturated rings. The van der Waals surface area contributed by atoms with Gasteiger partial charge in [-0.2, -0.15) is 0 Å². The van der Waals surface area contributed by atoms with Crippen molar-refractivity contribution in [3.8, 4) is 0 Å². The molecule has 4 aliphatic rings. The standard InChI is InChI=1S/C27H46O2/c1-6-8-24(28)18(3)21-11-12-22-20-10-9-19-17-27(29,7-2)16-15-25(19,4)23(20)13-14-26(21,22)5/h9,18,20-24,28-29H,6-8,10-17H2,1-5H3/t18-,20-,21+,22-,23-,24-,25-,26+,27-/m0/s1. The molecule has 29 heavy (non-hydrogen) atoms. The number of rotatable bonds is 5. The fourth-order valence-corrected chi connectivity index (χ4v) is 8.75. The van der Waals surface area contributed by atoms with Crippen LogP contribution in [0.25, 0.3) is 0 Å². The van der Waals surface area contributed by atoms with Gasteiger partial charge in [0.2, 0.25) is 0 Å². The quantitative estimate of drug-likeness (QED) is 0.515. The van der Waals surface area contributed by atoms with Crippen molar-refractivity contribution < 1.29 is 10.2 Å². The maximum Gasteiger partial charge on any atom is 0.0682 e. The summed E-state index contributed by atoms with van der Waals surface area (Å²) >= 11 is 0. The Balaban J connectivity index is 1.57. The van der Waals surface area contributed by atoms with Gasteiger partial charge in [-0.1, -0.05) is 52.7 Å². The van der Waals surface area contributed by atoms with Gasteiger partial charge < -0.3 is 10.2 Å². The zero-order valence-electron chi connectivity index (χ0n) is 19.7. The van der Waals surface area contributed by atoms with E-state index in [0.717, 1.165) is 49.9 Å². The van der Waals surface area contributed by atoms with Crippen molar-refractivity contribution in [2.75, 3.05) is 0 Å². The molecule has 3 saturated carbocycles. The van der Waals surface area contributed by atoms with Crippen LogP contribution >= 0.6 is 0 Å². The Hall–Kier alpha value is -0.340. The minimum absolute atomic E-state index is 0.126. The van der Waals surface area contributed by atoms with Crippen LogP contribution in [0.15, 0.2) is 11.6 Å². The summed E-state index contributed by atoms with van der Waals surface area (Å²) < 4.78 is 0. The highest BCUT2D eigenvalue weighted by Gasteiger charge is 2.60. The van der Waals surface area contributed by atoms with E-state index in [1.54, 1.807) is 5.57 Å². The van der Waals surface area contributed by atoms with Crippen LogP contribution in [-0.2, 0) is 0 Å². The second-order valence-corrected chi connectivity index (χ2v) is 12.0. The van der Waals surface area contributed by atoms with Crippen molar-refractivity contribution in [1.82, 2.24) is 0 Å². The summed E-state index contributed by atoms with van der Waals surface area (Å²) in [4.78, 5) is 0. The molecule has 0 unspecified atom stereocenters. The molecule has 0 aromatic carbocycles. The lowest BCUT2D eigenvalue weighted by Crippen LogP contribution is -2.52. The molecule has 0 saturated heterocycles. The predicted octanol–water partition coefficient (Wildman–Crippen LogP) is 6.50. The van der Waals surface area contributed by atoms with Crippen LogP contribution in [0.5, 0.6) is 0 Å². The van der Waals surface area contributed by atoms with Gasteiger partial charge in [-0.3, -0.25) is 0 Å². The Bertz CT molecular complexity index is 640. The molecule has 0 aromatic rings. The van der Waals surface area contributed by atoms with Crippen LogP contribution in [0.3, 0.4) is 0 Å². The van der Waals surface area contributed by atoms with Crippen LogP contribution in [0.4, 0.5) is 0 Å². The summed E-state index contributed by atoms with van der Waals surface area (Å²) in [6.07, 6.45) is 15.0. The van der Waals surface area contributed by atoms with Gasteiger partial charge in [0.15, 0.2) is 0 Å². The van der Waals surface area contributed by atoms with Crippen LogP contribution in [0.2, 0.25) is 0 Å². The SMILES string of the molecule is CCC[C@H](O)[C@@H](C)[C@H]1CC[C@H]2[C@@H]3CC=C4C[C@](O)(CC)CC[C@]4(C)[C@H]3CC[C@]12C. The molecule has 166 valence electrons. The Labute approximate surface area is 179 Å². The molecule has 2 nitrogen and oxygen atoms in total. The summed E-state index contributed by atoms with van der Waals surface area (Å²) in [6.45, 7) is 11.8. The lowest BCUT2D eigenvalue weighted by atomic mass is 9.46. The van der Waals surface area contributed by atoms with Crippen molar-refractivity contribution in [2.24, 2.45) is 40.4 Å². The molecule has 4 aliphatic carbocycles. The Morgan fingerprint density at radius 2 is 1.83 bits per heavy atom. The lowest BCUT2D eigenvalue weighted by Gasteiger charge is -2.59. The second kappa shape index (κ2) is 7.66. The van der Waals surface area contributed by atoms with E-state index in [9.17, 15) is 10.2 Å². The van der Waals surface area contributed by atoms with Gasteiger partial charge >= 0.3 is 0 Å². The van der Waals surface area contributed by atoms with Crippen LogP contribution in [0, 0.1) is 40.4 Å². The Morgan fingerprint density at radius 1 is 1.07 bits per heavy atom. The Kier molecular flexibility index (Phi) is 5.78. The minimum atomic E-state index is -0.454. The first-order chi connectivity index (χ1) is 13.7. The molecule has 0 aliphatic heterocycles. The van der Waals surface area contributed by atoms with Gasteiger partial charge in [0.05, 0.1) is 11.7 Å². The highest BCUT2D eigenvalue weighted by atomic mass is 16.3. The fourth-order valence-electron chi connectivity index (χ4n) is 8.75. The third kappa shape index (κ3) is 3.36. The van der Waals surface area contributed by atoms with E-state index >= 15 is 0 Å². The van der Waals surface area contributed by atoms with Crippen molar-refractivity contribution >= 4 is 0 Å². The zero-order chi connectivity index (χ0) is 21.0. The molecule has 2 heteroatoms. The number of hydrogen-bond donors (Lipinski definition) is 2. The minimum Gasteiger partial charge on any atom is -0.393 e. The van der Waals surface area contributed by atoms with Gasteiger partial charge in [0.1, 0.15) is 0 Å². The van der Waals surface area contributed by atoms with Gasteiger partial charge in [-0.05, 0) is 105 Å². The van der Waals surface area contributed by atoms with E-state index in [1.807, 2.05) is 0 Å². The summed E-state index contributed by atoms with van der Waals surface area (Å²) in [5, 5.41) is 21.7. The molecular formula is C27H46O2. The first-order valence-electron chi connectivity index (χ1n) is 12.8. The maximum atomic E-state index is 10.9. The Morgan fingerprint density at radius 3 is 2.52 bits per heavy atom. The van der Waals surface area contributed by atoms with Crippen LogP contribution in [0.1, 0.15) is 105 Å². The van der Waals surface area contributed by atoms with Crippen molar-refractivity contribution in [1.29, 1.82) is 0 Å². The molecule has 2 N–H and O–H groups in total. The summed E-state index contributed by atoms with van der Waals surface area (Å²) in [5.74, 6) is 3.56. The summed E-state index contributed by atoms with van der Waals surface area (Å²) in [5.41, 5.74) is 1.86. The highest BCUT2D eigenvalue weighted by molar-refractivity contribution is 5.27. The molecule has 9 atom stereocenters. The van der Waals surface area contributed by atoms with Crippen LogP contribution < -0.4 is 0 Å². The average Bonchev–Trinajstić information content (AvgIpc) is 3.05. The van der Waals surface area contributed by atoms with E-state index in [1.165, 1.54) is 38.5 Å². The molecule has 0 amide bonds. The first kappa shape index (κ1) is 21.9. The average molecular weight is 403 g/mol. The molecule has 0 radical (unpaired) electrons. The maximum absolute atomic E-state index is 10.9. The van der Waals surface area contributed by atoms with E-state index in [4.69, 9.17) is 0 Å². The van der Waals surface area contributed by atoms with Gasteiger partial charge in [0, 0.05) is 0 Å². The zero-order valence-corrected chi connectivity index (χ0v) is 19.7. The van der Waals surface area contributed by atoms with E-state index < -0.39 is 5.60 Å². The molecule has 0 spiro atoms. The normalized spacial score (nSPS) is 48.9. The highest BCUT2D eigenvalue weighted by Crippen LogP contribution is 2.67. The topological polar surface area (TPSA) is 40.5 Å². The van der Waals surface area contributed by atoms with E-state index in [2.05, 4.69) is 40.7 Å². The number of fused-ring (bicyclic) bond motifs is 5. The van der Waals surface area contributed by atoms with E-state index in [0.29, 0.717) is 22.7 Å². The first-order valence-corrected chi connectivity index (χ1v) is 12.8. The number of aliphatic hydroxyl groups excluding tert-OH is 1. The molecule has 0 aromatic heterocycles. The van der Waals surface area contributed by atoms with Crippen molar-refractivity contribution in [3.63, 3.8) is 0 Å². The van der Waals surface area contributed by atoms with E-state index in [-0.39, 0.29) is 6.10 Å². The van der Waals surface area contributed by atoms with Crippen LogP contribution in [-0.4, -0.2) is 21.9 Å². The monoisotopic (exact) mass is 402 g/mol. The smallest absolute Gasteiger partial charge is 0.0682 e. The van der Waals surface area contributed by atoms with Gasteiger partial charge in [-0.15, -0.1) is 0 Å². The fraction of sp³-hybridized carbons (Fsp3) is 0.926.